The lowest BCUT2D eigenvalue weighted by molar-refractivity contribution is -0.119. The predicted molar refractivity (Wildman–Crippen MR) is 74.3 cm³/mol. The molecule has 1 aromatic carbocycles. The molecule has 1 amide bonds. The zero-order valence-corrected chi connectivity index (χ0v) is 11.7. The molecule has 0 atom stereocenters. The van der Waals surface area contributed by atoms with Crippen molar-refractivity contribution in [2.24, 2.45) is 0 Å². The summed E-state index contributed by atoms with van der Waals surface area (Å²) in [5, 5.41) is 5.47. The number of anilines is 2. The summed E-state index contributed by atoms with van der Waals surface area (Å²) in [6.07, 6.45) is 0. The summed E-state index contributed by atoms with van der Waals surface area (Å²) < 4.78 is 25.3. The molecule has 0 heterocycles. The molecule has 0 aromatic heterocycles. The molecule has 106 valence electrons. The standard InChI is InChI=1S/C11H18N4O3S/c1-3-14-11(16)7-15-10-5-4-8(6-9(10)12)19(17,18)13-2/h4-6,13,15H,3,7,12H2,1-2H3,(H,14,16). The molecule has 0 bridgehead atoms. The Balaban J connectivity index is 2.81. The molecule has 1 aromatic rings. The minimum absolute atomic E-state index is 0.0795. The van der Waals surface area contributed by atoms with Gasteiger partial charge in [0.05, 0.1) is 22.8 Å². The molecule has 0 saturated heterocycles. The highest BCUT2D eigenvalue weighted by Gasteiger charge is 2.13. The Bertz CT molecular complexity index is 557. The fourth-order valence-electron chi connectivity index (χ4n) is 1.42. The lowest BCUT2D eigenvalue weighted by Gasteiger charge is -2.10. The van der Waals surface area contributed by atoms with Crippen LogP contribution < -0.4 is 21.1 Å². The molecule has 0 radical (unpaired) electrons. The molecule has 8 heteroatoms. The number of amides is 1. The number of hydrogen-bond donors (Lipinski definition) is 4. The van der Waals surface area contributed by atoms with E-state index in [1.807, 2.05) is 6.92 Å². The molecule has 0 aliphatic heterocycles. The third kappa shape index (κ3) is 4.11. The van der Waals surface area contributed by atoms with E-state index in [4.69, 9.17) is 5.73 Å². The summed E-state index contributed by atoms with van der Waals surface area (Å²) in [6, 6.07) is 4.28. The van der Waals surface area contributed by atoms with Crippen LogP contribution in [0.1, 0.15) is 6.92 Å². The van der Waals surface area contributed by atoms with Gasteiger partial charge in [0.15, 0.2) is 0 Å². The number of carbonyl (C=O) groups is 1. The molecule has 19 heavy (non-hydrogen) atoms. The van der Waals surface area contributed by atoms with Crippen LogP contribution in [-0.4, -0.2) is 34.5 Å². The van der Waals surface area contributed by atoms with Crippen LogP contribution in [-0.2, 0) is 14.8 Å². The van der Waals surface area contributed by atoms with Crippen molar-refractivity contribution < 1.29 is 13.2 Å². The third-order valence-electron chi connectivity index (χ3n) is 2.42. The second-order valence-electron chi connectivity index (χ2n) is 3.76. The summed E-state index contributed by atoms with van der Waals surface area (Å²) >= 11 is 0. The quantitative estimate of drug-likeness (QED) is 0.537. The van der Waals surface area contributed by atoms with Crippen LogP contribution in [0.15, 0.2) is 23.1 Å². The van der Waals surface area contributed by atoms with Crippen molar-refractivity contribution >= 4 is 27.3 Å². The van der Waals surface area contributed by atoms with Gasteiger partial charge in [0.1, 0.15) is 0 Å². The first-order valence-corrected chi connectivity index (χ1v) is 7.22. The predicted octanol–water partition coefficient (Wildman–Crippen LogP) is -0.275. The van der Waals surface area contributed by atoms with Crippen LogP contribution in [0.2, 0.25) is 0 Å². The molecule has 5 N–H and O–H groups in total. The number of rotatable bonds is 6. The Morgan fingerprint density at radius 3 is 2.58 bits per heavy atom. The zero-order valence-electron chi connectivity index (χ0n) is 10.9. The van der Waals surface area contributed by atoms with E-state index < -0.39 is 10.0 Å². The van der Waals surface area contributed by atoms with Crippen molar-refractivity contribution in [1.29, 1.82) is 0 Å². The van der Waals surface area contributed by atoms with Gasteiger partial charge in [-0.15, -0.1) is 0 Å². The van der Waals surface area contributed by atoms with Crippen molar-refractivity contribution in [2.75, 3.05) is 31.2 Å². The van der Waals surface area contributed by atoms with Gasteiger partial charge in [0, 0.05) is 6.54 Å². The smallest absolute Gasteiger partial charge is 0.240 e. The molecule has 0 fully saturated rings. The summed E-state index contributed by atoms with van der Waals surface area (Å²) in [7, 11) is -2.19. The number of benzene rings is 1. The number of likely N-dealkylation sites (N-methyl/N-ethyl adjacent to an activating group) is 1. The summed E-state index contributed by atoms with van der Waals surface area (Å²) in [6.45, 7) is 2.45. The Morgan fingerprint density at radius 2 is 2.05 bits per heavy atom. The van der Waals surface area contributed by atoms with E-state index in [9.17, 15) is 13.2 Å². The second kappa shape index (κ2) is 6.39. The van der Waals surface area contributed by atoms with Gasteiger partial charge >= 0.3 is 0 Å². The van der Waals surface area contributed by atoms with E-state index in [0.29, 0.717) is 12.2 Å². The van der Waals surface area contributed by atoms with Gasteiger partial charge in [-0.05, 0) is 32.2 Å². The Kier molecular flexibility index (Phi) is 5.13. The van der Waals surface area contributed by atoms with Gasteiger partial charge in [-0.1, -0.05) is 0 Å². The summed E-state index contributed by atoms with van der Waals surface area (Å²) in [5.41, 5.74) is 6.53. The topological polar surface area (TPSA) is 113 Å². The number of carbonyl (C=O) groups excluding carboxylic acids is 1. The fourth-order valence-corrected chi connectivity index (χ4v) is 2.19. The highest BCUT2D eigenvalue weighted by atomic mass is 32.2. The molecular formula is C11H18N4O3S. The highest BCUT2D eigenvalue weighted by molar-refractivity contribution is 7.89. The van der Waals surface area contributed by atoms with Crippen molar-refractivity contribution in [2.45, 2.75) is 11.8 Å². The van der Waals surface area contributed by atoms with Gasteiger partial charge in [-0.3, -0.25) is 4.79 Å². The van der Waals surface area contributed by atoms with E-state index in [-0.39, 0.29) is 23.0 Å². The summed E-state index contributed by atoms with van der Waals surface area (Å²) in [4.78, 5) is 11.4. The number of sulfonamides is 1. The lowest BCUT2D eigenvalue weighted by Crippen LogP contribution is -2.29. The number of nitrogens with two attached hydrogens (primary N) is 1. The van der Waals surface area contributed by atoms with Gasteiger partial charge in [0.2, 0.25) is 15.9 Å². The Morgan fingerprint density at radius 1 is 1.37 bits per heavy atom. The molecule has 7 nitrogen and oxygen atoms in total. The van der Waals surface area contributed by atoms with Crippen molar-refractivity contribution in [1.82, 2.24) is 10.0 Å². The van der Waals surface area contributed by atoms with Gasteiger partial charge in [-0.25, -0.2) is 13.1 Å². The van der Waals surface area contributed by atoms with Crippen LogP contribution in [0.3, 0.4) is 0 Å². The van der Waals surface area contributed by atoms with Crippen LogP contribution >= 0.6 is 0 Å². The van der Waals surface area contributed by atoms with Gasteiger partial charge < -0.3 is 16.4 Å². The van der Waals surface area contributed by atoms with E-state index in [1.165, 1.54) is 25.2 Å². The minimum atomic E-state index is -3.51. The monoisotopic (exact) mass is 286 g/mol. The first-order chi connectivity index (χ1) is 8.90. The van der Waals surface area contributed by atoms with Gasteiger partial charge in [0.25, 0.3) is 0 Å². The molecule has 0 spiro atoms. The van der Waals surface area contributed by atoms with E-state index >= 15 is 0 Å². The maximum atomic E-state index is 11.6. The number of nitrogen functional groups attached to an aromatic ring is 1. The average molecular weight is 286 g/mol. The maximum absolute atomic E-state index is 11.6. The van der Waals surface area contributed by atoms with Crippen LogP contribution in [0.4, 0.5) is 11.4 Å². The lowest BCUT2D eigenvalue weighted by atomic mass is 10.2. The number of nitrogens with one attached hydrogen (secondary N) is 3. The van der Waals surface area contributed by atoms with Crippen molar-refractivity contribution in [3.05, 3.63) is 18.2 Å². The number of hydrogen-bond acceptors (Lipinski definition) is 5. The normalized spacial score (nSPS) is 11.1. The summed E-state index contributed by atoms with van der Waals surface area (Å²) in [5.74, 6) is -0.158. The van der Waals surface area contributed by atoms with Crippen LogP contribution in [0.5, 0.6) is 0 Å². The third-order valence-corrected chi connectivity index (χ3v) is 3.83. The molecule has 0 aliphatic carbocycles. The average Bonchev–Trinajstić information content (AvgIpc) is 2.37. The first kappa shape index (κ1) is 15.3. The van der Waals surface area contributed by atoms with Crippen molar-refractivity contribution in [3.63, 3.8) is 0 Å². The van der Waals surface area contributed by atoms with Gasteiger partial charge in [-0.2, -0.15) is 0 Å². The van der Waals surface area contributed by atoms with Crippen molar-refractivity contribution in [3.8, 4) is 0 Å². The SMILES string of the molecule is CCNC(=O)CNc1ccc(S(=O)(=O)NC)cc1N. The molecular weight excluding hydrogens is 268 g/mol. The van der Waals surface area contributed by atoms with E-state index in [0.717, 1.165) is 0 Å². The molecule has 0 saturated carbocycles. The first-order valence-electron chi connectivity index (χ1n) is 5.74. The Hall–Kier alpha value is -1.80. The van der Waals surface area contributed by atoms with E-state index in [2.05, 4.69) is 15.4 Å². The molecule has 1 rings (SSSR count). The molecule has 0 unspecified atom stereocenters. The maximum Gasteiger partial charge on any atom is 0.240 e. The largest absolute Gasteiger partial charge is 0.397 e. The second-order valence-corrected chi connectivity index (χ2v) is 5.65. The van der Waals surface area contributed by atoms with Crippen LogP contribution in [0.25, 0.3) is 0 Å². The highest BCUT2D eigenvalue weighted by Crippen LogP contribution is 2.22. The minimum Gasteiger partial charge on any atom is -0.397 e. The van der Waals surface area contributed by atoms with E-state index in [1.54, 1.807) is 0 Å². The zero-order chi connectivity index (χ0) is 14.5. The Labute approximate surface area is 112 Å². The van der Waals surface area contributed by atoms with Crippen LogP contribution in [0, 0.1) is 0 Å². The fraction of sp³-hybridized carbons (Fsp3) is 0.364. The molecule has 0 aliphatic rings.